The third kappa shape index (κ3) is 4.63. The molecule has 0 rings (SSSR count). The Morgan fingerprint density at radius 1 is 1.23 bits per heavy atom. The van der Waals surface area contributed by atoms with Gasteiger partial charge in [-0.05, 0) is 5.92 Å². The molecule has 0 aliphatic carbocycles. The Kier molecular flexibility index (Phi) is 5.57. The molecule has 1 unspecified atom stereocenters. The fourth-order valence-electron chi connectivity index (χ4n) is 1.19. The van der Waals surface area contributed by atoms with Gasteiger partial charge in [-0.25, -0.2) is 0 Å². The Labute approximate surface area is 83.1 Å². The molecule has 0 amide bonds. The fraction of sp³-hybridized carbons (Fsp3) is 1.00. The minimum absolute atomic E-state index is 0.249. The molecule has 0 saturated carbocycles. The highest BCUT2D eigenvalue weighted by molar-refractivity contribution is 4.80. The third-order valence-electron chi connectivity index (χ3n) is 2.78. The zero-order chi connectivity index (χ0) is 10.5. The summed E-state index contributed by atoms with van der Waals surface area (Å²) in [6.45, 7) is 13.0. The standard InChI is InChI=1S/C11H25NO/c1-9(2)11(5,8-13-6)7-12-10(3)4/h9-10,12H,7-8H2,1-6H3. The molecule has 2 heteroatoms. The van der Waals surface area contributed by atoms with Crippen molar-refractivity contribution in [2.24, 2.45) is 11.3 Å². The van der Waals surface area contributed by atoms with Crippen LogP contribution in [0.2, 0.25) is 0 Å². The first-order chi connectivity index (χ1) is 5.92. The van der Waals surface area contributed by atoms with Crippen LogP contribution in [0.5, 0.6) is 0 Å². The van der Waals surface area contributed by atoms with Crippen molar-refractivity contribution < 1.29 is 4.74 Å². The summed E-state index contributed by atoms with van der Waals surface area (Å²) in [5.41, 5.74) is 0.249. The van der Waals surface area contributed by atoms with Crippen molar-refractivity contribution in [3.63, 3.8) is 0 Å². The maximum Gasteiger partial charge on any atom is 0.0530 e. The zero-order valence-electron chi connectivity index (χ0n) is 9.98. The van der Waals surface area contributed by atoms with E-state index in [1.165, 1.54) is 0 Å². The quantitative estimate of drug-likeness (QED) is 0.689. The largest absolute Gasteiger partial charge is 0.384 e. The highest BCUT2D eigenvalue weighted by Gasteiger charge is 2.28. The van der Waals surface area contributed by atoms with Crippen LogP contribution in [0.1, 0.15) is 34.6 Å². The molecule has 0 aromatic carbocycles. The molecule has 2 nitrogen and oxygen atoms in total. The van der Waals surface area contributed by atoms with Gasteiger partial charge in [0.25, 0.3) is 0 Å². The number of rotatable bonds is 6. The van der Waals surface area contributed by atoms with Crippen LogP contribution in [0.4, 0.5) is 0 Å². The van der Waals surface area contributed by atoms with Gasteiger partial charge in [0.15, 0.2) is 0 Å². The van der Waals surface area contributed by atoms with E-state index in [1.807, 2.05) is 0 Å². The van der Waals surface area contributed by atoms with E-state index in [2.05, 4.69) is 39.9 Å². The van der Waals surface area contributed by atoms with Crippen molar-refractivity contribution in [2.75, 3.05) is 20.3 Å². The number of methoxy groups -OCH3 is 1. The van der Waals surface area contributed by atoms with Crippen LogP contribution in [-0.4, -0.2) is 26.3 Å². The molecule has 0 spiro atoms. The first-order valence-electron chi connectivity index (χ1n) is 5.14. The molecule has 0 heterocycles. The maximum atomic E-state index is 5.26. The van der Waals surface area contributed by atoms with Gasteiger partial charge in [0.1, 0.15) is 0 Å². The van der Waals surface area contributed by atoms with Crippen molar-refractivity contribution >= 4 is 0 Å². The summed E-state index contributed by atoms with van der Waals surface area (Å²) in [5, 5.41) is 3.47. The molecule has 0 saturated heterocycles. The Hall–Kier alpha value is -0.0800. The average Bonchev–Trinajstić information content (AvgIpc) is 2.01. The number of ether oxygens (including phenoxy) is 1. The monoisotopic (exact) mass is 187 g/mol. The van der Waals surface area contributed by atoms with Crippen molar-refractivity contribution in [2.45, 2.75) is 40.7 Å². The van der Waals surface area contributed by atoms with Gasteiger partial charge in [-0.1, -0.05) is 34.6 Å². The summed E-state index contributed by atoms with van der Waals surface area (Å²) in [4.78, 5) is 0. The van der Waals surface area contributed by atoms with Crippen molar-refractivity contribution in [1.82, 2.24) is 5.32 Å². The summed E-state index contributed by atoms with van der Waals surface area (Å²) >= 11 is 0. The lowest BCUT2D eigenvalue weighted by molar-refractivity contribution is 0.0556. The van der Waals surface area contributed by atoms with Gasteiger partial charge in [0.2, 0.25) is 0 Å². The van der Waals surface area contributed by atoms with Gasteiger partial charge in [0.05, 0.1) is 6.61 Å². The van der Waals surface area contributed by atoms with E-state index in [1.54, 1.807) is 7.11 Å². The fourth-order valence-corrected chi connectivity index (χ4v) is 1.19. The van der Waals surface area contributed by atoms with E-state index in [0.717, 1.165) is 13.2 Å². The molecule has 13 heavy (non-hydrogen) atoms. The van der Waals surface area contributed by atoms with E-state index < -0.39 is 0 Å². The number of hydrogen-bond donors (Lipinski definition) is 1. The minimum atomic E-state index is 0.249. The van der Waals surface area contributed by atoms with Crippen molar-refractivity contribution in [3.05, 3.63) is 0 Å². The molecule has 0 aliphatic rings. The molecule has 0 aromatic rings. The lowest BCUT2D eigenvalue weighted by Crippen LogP contribution is -2.41. The van der Waals surface area contributed by atoms with Crippen molar-refractivity contribution in [3.8, 4) is 0 Å². The highest BCUT2D eigenvalue weighted by Crippen LogP contribution is 2.26. The Morgan fingerprint density at radius 3 is 2.08 bits per heavy atom. The molecular formula is C11H25NO. The molecule has 1 N–H and O–H groups in total. The normalized spacial score (nSPS) is 16.6. The predicted molar refractivity (Wildman–Crippen MR) is 58.0 cm³/mol. The maximum absolute atomic E-state index is 5.26. The van der Waals surface area contributed by atoms with Crippen LogP contribution < -0.4 is 5.32 Å². The van der Waals surface area contributed by atoms with Crippen LogP contribution in [0.3, 0.4) is 0 Å². The second kappa shape index (κ2) is 5.61. The smallest absolute Gasteiger partial charge is 0.0530 e. The number of hydrogen-bond acceptors (Lipinski definition) is 2. The van der Waals surface area contributed by atoms with Gasteiger partial charge in [-0.2, -0.15) is 0 Å². The van der Waals surface area contributed by atoms with Gasteiger partial charge in [0, 0.05) is 25.1 Å². The van der Waals surface area contributed by atoms with E-state index in [4.69, 9.17) is 4.74 Å². The Bertz CT molecular complexity index is 134. The van der Waals surface area contributed by atoms with E-state index >= 15 is 0 Å². The van der Waals surface area contributed by atoms with Crippen LogP contribution in [0, 0.1) is 11.3 Å². The van der Waals surface area contributed by atoms with Crippen LogP contribution >= 0.6 is 0 Å². The first-order valence-corrected chi connectivity index (χ1v) is 5.14. The lowest BCUT2D eigenvalue weighted by Gasteiger charge is -2.34. The molecular weight excluding hydrogens is 162 g/mol. The molecule has 80 valence electrons. The summed E-state index contributed by atoms with van der Waals surface area (Å²) < 4.78 is 5.26. The molecule has 0 bridgehead atoms. The van der Waals surface area contributed by atoms with Gasteiger partial charge in [-0.15, -0.1) is 0 Å². The lowest BCUT2D eigenvalue weighted by atomic mass is 9.79. The Morgan fingerprint density at radius 2 is 1.77 bits per heavy atom. The van der Waals surface area contributed by atoms with E-state index in [0.29, 0.717) is 12.0 Å². The topological polar surface area (TPSA) is 21.3 Å². The number of nitrogens with one attached hydrogen (secondary N) is 1. The second-order valence-corrected chi connectivity index (χ2v) is 4.78. The third-order valence-corrected chi connectivity index (χ3v) is 2.78. The summed E-state index contributed by atoms with van der Waals surface area (Å²) in [7, 11) is 1.77. The van der Waals surface area contributed by atoms with E-state index in [-0.39, 0.29) is 5.41 Å². The molecule has 0 fully saturated rings. The van der Waals surface area contributed by atoms with Crippen LogP contribution in [0.15, 0.2) is 0 Å². The summed E-state index contributed by atoms with van der Waals surface area (Å²) in [6, 6.07) is 0.551. The van der Waals surface area contributed by atoms with E-state index in [9.17, 15) is 0 Å². The van der Waals surface area contributed by atoms with Crippen LogP contribution in [0.25, 0.3) is 0 Å². The predicted octanol–water partition coefficient (Wildman–Crippen LogP) is 2.29. The van der Waals surface area contributed by atoms with Crippen LogP contribution in [-0.2, 0) is 4.74 Å². The van der Waals surface area contributed by atoms with Gasteiger partial charge in [-0.3, -0.25) is 0 Å². The summed E-state index contributed by atoms with van der Waals surface area (Å²) in [5.74, 6) is 0.638. The van der Waals surface area contributed by atoms with Gasteiger partial charge >= 0.3 is 0 Å². The summed E-state index contributed by atoms with van der Waals surface area (Å²) in [6.07, 6.45) is 0. The first kappa shape index (κ1) is 12.9. The zero-order valence-corrected chi connectivity index (χ0v) is 9.98. The Balaban J connectivity index is 4.07. The molecule has 0 radical (unpaired) electrons. The van der Waals surface area contributed by atoms with Crippen molar-refractivity contribution in [1.29, 1.82) is 0 Å². The molecule has 0 aliphatic heterocycles. The SMILES string of the molecule is COCC(C)(CNC(C)C)C(C)C. The average molecular weight is 187 g/mol. The molecule has 0 aromatic heterocycles. The molecule has 1 atom stereocenters. The second-order valence-electron chi connectivity index (χ2n) is 4.78. The minimum Gasteiger partial charge on any atom is -0.384 e. The van der Waals surface area contributed by atoms with Gasteiger partial charge < -0.3 is 10.1 Å². The highest BCUT2D eigenvalue weighted by atomic mass is 16.5.